The summed E-state index contributed by atoms with van der Waals surface area (Å²) in [4.78, 5) is 64.6. The number of hydrogen-bond donors (Lipinski definition) is 2. The molecule has 9 nitrogen and oxygen atoms in total. The molecule has 4 aromatic rings. The van der Waals surface area contributed by atoms with Gasteiger partial charge in [-0.1, -0.05) is 96.6 Å². The van der Waals surface area contributed by atoms with E-state index in [-0.39, 0.29) is 42.3 Å². The van der Waals surface area contributed by atoms with Gasteiger partial charge in [0.2, 0.25) is 11.8 Å². The number of carbonyl (C=O) groups excluding carboxylic acids is 4. The van der Waals surface area contributed by atoms with Gasteiger partial charge in [-0.2, -0.15) is 18.2 Å². The van der Waals surface area contributed by atoms with Gasteiger partial charge in [0.15, 0.2) is 5.82 Å². The number of fused-ring (bicyclic) bond motifs is 5. The molecule has 2 saturated carbocycles. The van der Waals surface area contributed by atoms with Crippen molar-refractivity contribution in [1.82, 2.24) is 14.9 Å². The summed E-state index contributed by atoms with van der Waals surface area (Å²) in [6, 6.07) is 17.5. The lowest BCUT2D eigenvalue weighted by molar-refractivity contribution is -0.144. The number of benzene rings is 3. The van der Waals surface area contributed by atoms with Crippen LogP contribution in [0.25, 0.3) is 10.8 Å². The highest BCUT2D eigenvalue weighted by Gasteiger charge is 2.70. The summed E-state index contributed by atoms with van der Waals surface area (Å²) in [7, 11) is 0. The van der Waals surface area contributed by atoms with Crippen LogP contribution in [0.3, 0.4) is 0 Å². The fourth-order valence-corrected chi connectivity index (χ4v) is 10.7. The monoisotopic (exact) mass is 802 g/mol. The average Bonchev–Trinajstić information content (AvgIpc) is 3.57. The Bertz CT molecular complexity index is 2360. The minimum Gasteiger partial charge on any atom is -0.507 e. The van der Waals surface area contributed by atoms with E-state index < -0.39 is 63.6 Å². The van der Waals surface area contributed by atoms with E-state index in [0.717, 1.165) is 42.7 Å². The van der Waals surface area contributed by atoms with Crippen molar-refractivity contribution < 1.29 is 37.5 Å². The van der Waals surface area contributed by atoms with E-state index in [2.05, 4.69) is 10.4 Å². The molecule has 3 heterocycles. The quantitative estimate of drug-likeness (QED) is 0.153. The van der Waals surface area contributed by atoms with Crippen molar-refractivity contribution in [1.29, 1.82) is 0 Å². The molecule has 5 aliphatic rings. The summed E-state index contributed by atoms with van der Waals surface area (Å²) < 4.78 is 40.6. The number of nitrogens with zero attached hydrogens (tertiary/aromatic N) is 3. The smallest absolute Gasteiger partial charge is 0.417 e. The summed E-state index contributed by atoms with van der Waals surface area (Å²) in [5, 5.41) is 12.8. The Hall–Kier alpha value is -4.94. The van der Waals surface area contributed by atoms with Gasteiger partial charge < -0.3 is 5.11 Å². The van der Waals surface area contributed by atoms with Gasteiger partial charge in [-0.3, -0.25) is 29.5 Å². The highest BCUT2D eigenvalue weighted by Crippen LogP contribution is 2.65. The van der Waals surface area contributed by atoms with Gasteiger partial charge in [0.1, 0.15) is 5.75 Å². The van der Waals surface area contributed by atoms with E-state index in [9.17, 15) is 27.9 Å². The van der Waals surface area contributed by atoms with Crippen LogP contribution in [0.1, 0.15) is 67.6 Å². The molecule has 0 spiro atoms. The number of hydrogen-bond acceptors (Lipinski definition) is 7. The molecule has 288 valence electrons. The Morgan fingerprint density at radius 2 is 1.57 bits per heavy atom. The van der Waals surface area contributed by atoms with E-state index in [1.165, 1.54) is 11.0 Å². The first kappa shape index (κ1) is 36.7. The van der Waals surface area contributed by atoms with Crippen LogP contribution in [-0.4, -0.2) is 49.7 Å². The third-order valence-corrected chi connectivity index (χ3v) is 13.3. The van der Waals surface area contributed by atoms with Gasteiger partial charge in [-0.15, -0.1) is 0 Å². The Labute approximate surface area is 329 Å². The molecule has 56 heavy (non-hydrogen) atoms. The average molecular weight is 804 g/mol. The predicted molar refractivity (Wildman–Crippen MR) is 201 cm³/mol. The number of anilines is 1. The number of aromatic nitrogens is 1. The van der Waals surface area contributed by atoms with Crippen molar-refractivity contribution in [3.05, 3.63) is 111 Å². The Morgan fingerprint density at radius 3 is 2.27 bits per heavy atom. The first-order valence-electron chi connectivity index (χ1n) is 18.7. The molecule has 6 atom stereocenters. The fraction of sp³-hybridized carbons (Fsp3) is 0.357. The molecule has 2 aliphatic heterocycles. The van der Waals surface area contributed by atoms with Crippen molar-refractivity contribution in [2.24, 2.45) is 23.7 Å². The van der Waals surface area contributed by atoms with Crippen molar-refractivity contribution in [3.8, 4) is 5.75 Å². The number of pyridine rings is 1. The van der Waals surface area contributed by atoms with E-state index in [1.807, 2.05) is 12.1 Å². The molecule has 0 radical (unpaired) electrons. The van der Waals surface area contributed by atoms with Crippen molar-refractivity contribution in [2.75, 3.05) is 5.43 Å². The summed E-state index contributed by atoms with van der Waals surface area (Å²) in [6.45, 7) is 0. The van der Waals surface area contributed by atoms with Crippen molar-refractivity contribution >= 4 is 63.4 Å². The van der Waals surface area contributed by atoms with Crippen LogP contribution in [0.2, 0.25) is 10.0 Å². The van der Waals surface area contributed by atoms with Crippen LogP contribution in [0.5, 0.6) is 5.75 Å². The van der Waals surface area contributed by atoms with Gasteiger partial charge in [0.25, 0.3) is 11.8 Å². The molecule has 2 N–H and O–H groups in total. The van der Waals surface area contributed by atoms with Gasteiger partial charge in [-0.25, -0.2) is 4.98 Å². The Morgan fingerprint density at radius 1 is 0.857 bits per heavy atom. The molecule has 14 heteroatoms. The summed E-state index contributed by atoms with van der Waals surface area (Å²) in [5.41, 5.74) is 1.65. The van der Waals surface area contributed by atoms with Gasteiger partial charge >= 0.3 is 6.18 Å². The molecular weight excluding hydrogens is 768 g/mol. The third-order valence-electron chi connectivity index (χ3n) is 12.8. The molecule has 9 rings (SSSR count). The number of phenols is 1. The highest BCUT2D eigenvalue weighted by molar-refractivity contribution is 6.33. The molecule has 4 amide bonds. The Balaban J connectivity index is 1.25. The molecule has 4 fully saturated rings. The molecule has 3 aliphatic carbocycles. The highest BCUT2D eigenvalue weighted by atomic mass is 35.5. The lowest BCUT2D eigenvalue weighted by Crippen LogP contribution is -2.53. The number of phenolic OH excluding ortho intramolecular Hbond substituents is 1. The third kappa shape index (κ3) is 5.39. The first-order valence-corrected chi connectivity index (χ1v) is 19.5. The minimum atomic E-state index is -4.74. The largest absolute Gasteiger partial charge is 0.507 e. The second-order valence-corrected chi connectivity index (χ2v) is 16.3. The van der Waals surface area contributed by atoms with Gasteiger partial charge in [0.05, 0.1) is 33.8 Å². The molecule has 3 aromatic carbocycles. The van der Waals surface area contributed by atoms with Crippen LogP contribution in [0.4, 0.5) is 19.0 Å². The number of aromatic hydroxyl groups is 1. The zero-order chi connectivity index (χ0) is 39.3. The van der Waals surface area contributed by atoms with E-state index in [4.69, 9.17) is 23.2 Å². The maximum atomic E-state index is 15.5. The lowest BCUT2D eigenvalue weighted by Gasteiger charge is -2.51. The number of amides is 4. The van der Waals surface area contributed by atoms with Crippen LogP contribution < -0.4 is 5.43 Å². The number of likely N-dealkylation sites (tertiary alicyclic amines) is 1. The van der Waals surface area contributed by atoms with Crippen molar-refractivity contribution in [2.45, 2.75) is 68.5 Å². The summed E-state index contributed by atoms with van der Waals surface area (Å²) in [6.07, 6.45) is 2.42. The fourth-order valence-electron chi connectivity index (χ4n) is 10.4. The Kier molecular flexibility index (Phi) is 8.73. The summed E-state index contributed by atoms with van der Waals surface area (Å²) >= 11 is 12.7. The lowest BCUT2D eigenvalue weighted by atomic mass is 9.49. The first-order chi connectivity index (χ1) is 26.8. The predicted octanol–water partition coefficient (Wildman–Crippen LogP) is 8.58. The second-order valence-electron chi connectivity index (χ2n) is 15.5. The molecule has 2 saturated heterocycles. The zero-order valence-electron chi connectivity index (χ0n) is 29.7. The van der Waals surface area contributed by atoms with E-state index >= 15 is 9.59 Å². The van der Waals surface area contributed by atoms with Crippen LogP contribution >= 0.6 is 23.2 Å². The standard InChI is InChI=1S/C42H35Cl2F3N4O5/c43-23-12-10-21(11-13-23)41-31(38(54)51(40(41)56)49-36-32(44)18-22(20-48-36)42(45,46)47)19-30-28(35(41)27-16-17-33(52)26-9-5-4-8-25(26)27)14-15-29-34(30)39(55)50(37(29)53)24-6-2-1-3-7-24/h4-5,8-14,16-18,20,24,29-31,34-35,52H,1-3,6-7,15,19H2,(H,48,49). The SMILES string of the molecule is O=C1C2CC3C(=CCC4C(=O)N(C5CCCCC5)C(=O)C43)C(c3ccc(O)c4ccccc34)C2(c2ccc(Cl)cc2)C(=O)N1Nc1ncc(C(F)(F)F)cc1Cl. The van der Waals surface area contributed by atoms with Crippen LogP contribution in [-0.2, 0) is 30.8 Å². The summed E-state index contributed by atoms with van der Waals surface area (Å²) in [5.74, 6) is -6.28. The normalized spacial score (nSPS) is 28.0. The van der Waals surface area contributed by atoms with E-state index in [1.54, 1.807) is 48.5 Å². The number of alkyl halides is 3. The second kappa shape index (κ2) is 13.3. The van der Waals surface area contributed by atoms with Gasteiger partial charge in [0, 0.05) is 28.6 Å². The maximum Gasteiger partial charge on any atom is 0.417 e. The number of halogens is 5. The van der Waals surface area contributed by atoms with E-state index in [0.29, 0.717) is 39.2 Å². The number of rotatable bonds is 5. The number of nitrogens with one attached hydrogen (secondary N) is 1. The number of allylic oxidation sites excluding steroid dienone is 2. The number of carbonyl (C=O) groups is 4. The minimum absolute atomic E-state index is 0.00585. The zero-order valence-corrected chi connectivity index (χ0v) is 31.2. The van der Waals surface area contributed by atoms with Crippen LogP contribution in [0.15, 0.2) is 84.6 Å². The van der Waals surface area contributed by atoms with Crippen LogP contribution in [0, 0.1) is 23.7 Å². The number of hydrazine groups is 1. The molecular formula is C42H35Cl2F3N4O5. The topological polar surface area (TPSA) is 120 Å². The number of imide groups is 2. The maximum absolute atomic E-state index is 15.5. The van der Waals surface area contributed by atoms with Gasteiger partial charge in [-0.05, 0) is 72.4 Å². The molecule has 6 unspecified atom stereocenters. The molecule has 1 aromatic heterocycles. The molecule has 0 bridgehead atoms. The van der Waals surface area contributed by atoms with Crippen molar-refractivity contribution in [3.63, 3.8) is 0 Å².